The summed E-state index contributed by atoms with van der Waals surface area (Å²) < 4.78 is 14.8. The standard InChI is InChI=1S/C20H23F/c1-3-14-5-8-16(9-6-14)18-12-10-17-13-15(4-2)7-11-19(17)20(18)21/h3,7,10-14,16H,1,4-6,8-9H2,2H3. The van der Waals surface area contributed by atoms with E-state index in [2.05, 4.69) is 31.7 Å². The van der Waals surface area contributed by atoms with Gasteiger partial charge in [-0.3, -0.25) is 0 Å². The number of aryl methyl sites for hydroxylation is 1. The third-order valence-electron chi connectivity index (χ3n) is 5.00. The molecule has 1 aliphatic rings. The predicted molar refractivity (Wildman–Crippen MR) is 88.2 cm³/mol. The first kappa shape index (κ1) is 14.3. The molecule has 2 aromatic carbocycles. The van der Waals surface area contributed by atoms with E-state index in [9.17, 15) is 4.39 Å². The Labute approximate surface area is 126 Å². The van der Waals surface area contributed by atoms with Crippen molar-refractivity contribution in [2.75, 3.05) is 0 Å². The first-order valence-corrected chi connectivity index (χ1v) is 8.06. The summed E-state index contributed by atoms with van der Waals surface area (Å²) in [5.74, 6) is 0.991. The van der Waals surface area contributed by atoms with Crippen LogP contribution in [0.5, 0.6) is 0 Å². The fraction of sp³-hybridized carbons (Fsp3) is 0.400. The molecule has 0 bridgehead atoms. The van der Waals surface area contributed by atoms with Crippen LogP contribution >= 0.6 is 0 Å². The third-order valence-corrected chi connectivity index (χ3v) is 5.00. The Balaban J connectivity index is 1.93. The van der Waals surface area contributed by atoms with Crippen molar-refractivity contribution in [3.05, 3.63) is 59.9 Å². The molecule has 3 rings (SSSR count). The molecule has 0 nitrogen and oxygen atoms in total. The van der Waals surface area contributed by atoms with Crippen LogP contribution < -0.4 is 0 Å². The van der Waals surface area contributed by atoms with E-state index in [4.69, 9.17) is 0 Å². The SMILES string of the molecule is C=CC1CCC(c2ccc3cc(CC)ccc3c2F)CC1. The van der Waals surface area contributed by atoms with Crippen molar-refractivity contribution >= 4 is 10.8 Å². The molecule has 0 saturated heterocycles. The minimum Gasteiger partial charge on any atom is -0.206 e. The Hall–Kier alpha value is -1.63. The van der Waals surface area contributed by atoms with Crippen LogP contribution in [0.15, 0.2) is 43.0 Å². The highest BCUT2D eigenvalue weighted by atomic mass is 19.1. The van der Waals surface area contributed by atoms with E-state index in [0.717, 1.165) is 48.4 Å². The lowest BCUT2D eigenvalue weighted by Crippen LogP contribution is -2.12. The molecule has 1 aliphatic carbocycles. The van der Waals surface area contributed by atoms with Crippen LogP contribution in [0.3, 0.4) is 0 Å². The van der Waals surface area contributed by atoms with E-state index >= 15 is 0 Å². The zero-order chi connectivity index (χ0) is 14.8. The second-order valence-corrected chi connectivity index (χ2v) is 6.23. The maximum atomic E-state index is 14.8. The lowest BCUT2D eigenvalue weighted by atomic mass is 9.78. The fourth-order valence-corrected chi connectivity index (χ4v) is 3.56. The zero-order valence-electron chi connectivity index (χ0n) is 12.7. The molecule has 0 spiro atoms. The number of allylic oxidation sites excluding steroid dienone is 1. The molecule has 0 heterocycles. The molecule has 0 atom stereocenters. The first-order valence-electron chi connectivity index (χ1n) is 8.06. The van der Waals surface area contributed by atoms with Crippen LogP contribution in [0.1, 0.15) is 49.7 Å². The monoisotopic (exact) mass is 282 g/mol. The molecule has 110 valence electrons. The van der Waals surface area contributed by atoms with Crippen molar-refractivity contribution in [2.24, 2.45) is 5.92 Å². The lowest BCUT2D eigenvalue weighted by Gasteiger charge is -2.27. The molecule has 1 saturated carbocycles. The number of hydrogen-bond donors (Lipinski definition) is 0. The van der Waals surface area contributed by atoms with Crippen molar-refractivity contribution in [3.63, 3.8) is 0 Å². The molecule has 0 aliphatic heterocycles. The van der Waals surface area contributed by atoms with Gasteiger partial charge in [0, 0.05) is 5.39 Å². The average Bonchev–Trinajstić information content (AvgIpc) is 2.55. The van der Waals surface area contributed by atoms with Gasteiger partial charge < -0.3 is 0 Å². The van der Waals surface area contributed by atoms with Gasteiger partial charge in [-0.05, 0) is 60.5 Å². The van der Waals surface area contributed by atoms with Gasteiger partial charge in [-0.15, -0.1) is 6.58 Å². The summed E-state index contributed by atoms with van der Waals surface area (Å²) >= 11 is 0. The molecule has 0 unspecified atom stereocenters. The van der Waals surface area contributed by atoms with Crippen molar-refractivity contribution in [1.82, 2.24) is 0 Å². The average molecular weight is 282 g/mol. The molecule has 0 aromatic heterocycles. The highest BCUT2D eigenvalue weighted by molar-refractivity contribution is 5.84. The topological polar surface area (TPSA) is 0 Å². The number of benzene rings is 2. The predicted octanol–water partition coefficient (Wildman–Crippen LogP) is 6.00. The van der Waals surface area contributed by atoms with E-state index in [1.165, 1.54) is 5.56 Å². The van der Waals surface area contributed by atoms with Gasteiger partial charge in [-0.2, -0.15) is 0 Å². The van der Waals surface area contributed by atoms with Crippen molar-refractivity contribution in [3.8, 4) is 0 Å². The van der Waals surface area contributed by atoms with Gasteiger partial charge in [-0.1, -0.05) is 43.3 Å². The van der Waals surface area contributed by atoms with Gasteiger partial charge >= 0.3 is 0 Å². The van der Waals surface area contributed by atoms with Crippen LogP contribution in [-0.4, -0.2) is 0 Å². The van der Waals surface area contributed by atoms with E-state index < -0.39 is 0 Å². The quantitative estimate of drug-likeness (QED) is 0.605. The van der Waals surface area contributed by atoms with Crippen molar-refractivity contribution < 1.29 is 4.39 Å². The lowest BCUT2D eigenvalue weighted by molar-refractivity contribution is 0.369. The largest absolute Gasteiger partial charge is 0.206 e. The molecule has 0 radical (unpaired) electrons. The third kappa shape index (κ3) is 2.74. The highest BCUT2D eigenvalue weighted by Gasteiger charge is 2.23. The molecule has 0 N–H and O–H groups in total. The molecular weight excluding hydrogens is 259 g/mol. The Morgan fingerprint density at radius 1 is 1.14 bits per heavy atom. The summed E-state index contributed by atoms with van der Waals surface area (Å²) in [6, 6.07) is 10.2. The van der Waals surface area contributed by atoms with Gasteiger partial charge in [0.2, 0.25) is 0 Å². The summed E-state index contributed by atoms with van der Waals surface area (Å²) in [6.45, 7) is 6.01. The van der Waals surface area contributed by atoms with Crippen LogP contribution in [0, 0.1) is 11.7 Å². The molecule has 21 heavy (non-hydrogen) atoms. The summed E-state index contributed by atoms with van der Waals surface area (Å²) in [5, 5.41) is 1.80. The van der Waals surface area contributed by atoms with E-state index in [0.29, 0.717) is 11.8 Å². The molecule has 2 aromatic rings. The molecule has 1 heteroatoms. The summed E-state index contributed by atoms with van der Waals surface area (Å²) in [4.78, 5) is 0. The van der Waals surface area contributed by atoms with E-state index in [1.807, 2.05) is 18.2 Å². The number of rotatable bonds is 3. The Morgan fingerprint density at radius 3 is 2.57 bits per heavy atom. The number of halogens is 1. The van der Waals surface area contributed by atoms with E-state index in [-0.39, 0.29) is 5.82 Å². The van der Waals surface area contributed by atoms with Crippen LogP contribution in [0.25, 0.3) is 10.8 Å². The van der Waals surface area contributed by atoms with E-state index in [1.54, 1.807) is 0 Å². The number of fused-ring (bicyclic) bond motifs is 1. The second-order valence-electron chi connectivity index (χ2n) is 6.23. The van der Waals surface area contributed by atoms with Crippen LogP contribution in [0.2, 0.25) is 0 Å². The maximum Gasteiger partial charge on any atom is 0.134 e. The summed E-state index contributed by atoms with van der Waals surface area (Å²) in [5.41, 5.74) is 2.18. The van der Waals surface area contributed by atoms with Gasteiger partial charge in [0.1, 0.15) is 5.82 Å². The highest BCUT2D eigenvalue weighted by Crippen LogP contribution is 2.38. The van der Waals surface area contributed by atoms with Crippen LogP contribution in [0.4, 0.5) is 4.39 Å². The smallest absolute Gasteiger partial charge is 0.134 e. The molecule has 0 amide bonds. The Bertz CT molecular complexity index is 648. The minimum absolute atomic E-state index is 0.00259. The van der Waals surface area contributed by atoms with Crippen LogP contribution in [-0.2, 0) is 6.42 Å². The zero-order valence-corrected chi connectivity index (χ0v) is 12.7. The summed E-state index contributed by atoms with van der Waals surface area (Å²) in [7, 11) is 0. The Kier molecular flexibility index (Phi) is 4.10. The summed E-state index contributed by atoms with van der Waals surface area (Å²) in [6.07, 6.45) is 7.48. The van der Waals surface area contributed by atoms with Gasteiger partial charge in [0.15, 0.2) is 0 Å². The van der Waals surface area contributed by atoms with Gasteiger partial charge in [0.05, 0.1) is 0 Å². The number of hydrogen-bond acceptors (Lipinski definition) is 0. The normalized spacial score (nSPS) is 22.4. The Morgan fingerprint density at radius 2 is 1.90 bits per heavy atom. The maximum absolute atomic E-state index is 14.8. The minimum atomic E-state index is -0.00259. The molecule has 1 fully saturated rings. The van der Waals surface area contributed by atoms with Crippen molar-refractivity contribution in [1.29, 1.82) is 0 Å². The first-order chi connectivity index (χ1) is 10.2. The van der Waals surface area contributed by atoms with Gasteiger partial charge in [-0.25, -0.2) is 4.39 Å². The second kappa shape index (κ2) is 6.01. The fourth-order valence-electron chi connectivity index (χ4n) is 3.56. The van der Waals surface area contributed by atoms with Gasteiger partial charge in [0.25, 0.3) is 0 Å². The molecular formula is C20H23F. The van der Waals surface area contributed by atoms with Crippen molar-refractivity contribution in [2.45, 2.75) is 44.9 Å².